The van der Waals surface area contributed by atoms with Crippen molar-refractivity contribution in [3.05, 3.63) is 29.8 Å². The normalized spacial score (nSPS) is 23.6. The smallest absolute Gasteiger partial charge is 0.252 e. The van der Waals surface area contributed by atoms with Crippen LogP contribution in [0.25, 0.3) is 0 Å². The molecule has 136 valence electrons. The van der Waals surface area contributed by atoms with Crippen molar-refractivity contribution in [3.8, 4) is 0 Å². The molecule has 1 fully saturated rings. The second-order valence-electron chi connectivity index (χ2n) is 7.20. The van der Waals surface area contributed by atoms with Crippen molar-refractivity contribution in [3.63, 3.8) is 0 Å². The highest BCUT2D eigenvalue weighted by Crippen LogP contribution is 2.38. The van der Waals surface area contributed by atoms with Crippen LogP contribution >= 0.6 is 11.8 Å². The molecule has 0 saturated heterocycles. The van der Waals surface area contributed by atoms with E-state index < -0.39 is 0 Å². The zero-order valence-corrected chi connectivity index (χ0v) is 16.4. The fraction of sp³-hybridized carbons (Fsp3) is 0.619. The van der Waals surface area contributed by atoms with Crippen molar-refractivity contribution < 1.29 is 4.79 Å². The van der Waals surface area contributed by atoms with Crippen molar-refractivity contribution in [2.45, 2.75) is 70.5 Å². The number of hydrogen-bond acceptors (Lipinski definition) is 3. The van der Waals surface area contributed by atoms with Gasteiger partial charge in [-0.1, -0.05) is 63.4 Å². The van der Waals surface area contributed by atoms with Crippen molar-refractivity contribution in [2.75, 3.05) is 11.4 Å². The monoisotopic (exact) mass is 358 g/mol. The topological polar surface area (TPSA) is 32.7 Å². The highest BCUT2D eigenvalue weighted by atomic mass is 32.2. The third kappa shape index (κ3) is 4.46. The van der Waals surface area contributed by atoms with Crippen LogP contribution in [0.2, 0.25) is 0 Å². The van der Waals surface area contributed by atoms with Gasteiger partial charge < -0.3 is 4.90 Å². The number of amides is 1. The number of aryl methyl sites for hydroxylation is 1. The highest BCUT2D eigenvalue weighted by molar-refractivity contribution is 8.14. The molecule has 1 amide bonds. The molecule has 2 atom stereocenters. The number of carbonyl (C=O) groups is 1. The molecular weight excluding hydrogens is 328 g/mol. The van der Waals surface area contributed by atoms with E-state index >= 15 is 0 Å². The molecule has 1 aromatic rings. The summed E-state index contributed by atoms with van der Waals surface area (Å²) < 4.78 is 0. The molecule has 2 aliphatic rings. The maximum absolute atomic E-state index is 12.6. The lowest BCUT2D eigenvalue weighted by molar-refractivity contribution is -0.121. The van der Waals surface area contributed by atoms with E-state index in [1.165, 1.54) is 24.8 Å². The first-order valence-electron chi connectivity index (χ1n) is 9.88. The summed E-state index contributed by atoms with van der Waals surface area (Å²) in [6, 6.07) is 8.80. The second kappa shape index (κ2) is 8.88. The Bertz CT molecular complexity index is 611. The van der Waals surface area contributed by atoms with Crippen molar-refractivity contribution in [1.29, 1.82) is 0 Å². The van der Waals surface area contributed by atoms with Gasteiger partial charge in [-0.25, -0.2) is 0 Å². The van der Waals surface area contributed by atoms with Gasteiger partial charge in [0, 0.05) is 17.5 Å². The molecule has 1 saturated carbocycles. The second-order valence-corrected chi connectivity index (χ2v) is 8.41. The molecule has 1 aliphatic carbocycles. The van der Waals surface area contributed by atoms with Gasteiger partial charge >= 0.3 is 0 Å². The van der Waals surface area contributed by atoms with E-state index in [-0.39, 0.29) is 11.8 Å². The number of aliphatic imine (C=N–C) groups is 1. The summed E-state index contributed by atoms with van der Waals surface area (Å²) in [4.78, 5) is 19.4. The molecule has 0 spiro atoms. The van der Waals surface area contributed by atoms with Gasteiger partial charge in [-0.3, -0.25) is 4.79 Å². The Labute approximate surface area is 156 Å². The van der Waals surface area contributed by atoms with Gasteiger partial charge in [-0.05, 0) is 43.4 Å². The Kier molecular flexibility index (Phi) is 6.57. The van der Waals surface area contributed by atoms with Gasteiger partial charge in [0.1, 0.15) is 0 Å². The van der Waals surface area contributed by atoms with Crippen LogP contribution < -0.4 is 4.90 Å². The Morgan fingerprint density at radius 3 is 2.56 bits per heavy atom. The summed E-state index contributed by atoms with van der Waals surface area (Å²) in [6.45, 7) is 5.30. The van der Waals surface area contributed by atoms with Gasteiger partial charge in [0.25, 0.3) is 5.91 Å². The van der Waals surface area contributed by atoms with Crippen LogP contribution in [0.15, 0.2) is 29.3 Å². The fourth-order valence-corrected chi connectivity index (χ4v) is 5.29. The first-order valence-corrected chi connectivity index (χ1v) is 10.8. The lowest BCUT2D eigenvalue weighted by Gasteiger charge is -2.33. The average Bonchev–Trinajstić information content (AvgIpc) is 2.87. The third-order valence-corrected chi connectivity index (χ3v) is 6.59. The molecule has 0 N–H and O–H groups in total. The van der Waals surface area contributed by atoms with Gasteiger partial charge in [0.05, 0.1) is 5.92 Å². The number of carbonyl (C=O) groups excluding carboxylic acids is 1. The molecule has 4 heteroatoms. The van der Waals surface area contributed by atoms with Crippen LogP contribution in [0.3, 0.4) is 0 Å². The largest absolute Gasteiger partial charge is 0.321 e. The Balaban J connectivity index is 1.83. The lowest BCUT2D eigenvalue weighted by Crippen LogP contribution is -2.38. The molecule has 3 rings (SSSR count). The molecule has 0 bridgehead atoms. The van der Waals surface area contributed by atoms with E-state index in [0.29, 0.717) is 5.25 Å². The van der Waals surface area contributed by atoms with Crippen LogP contribution in [0.5, 0.6) is 0 Å². The predicted molar refractivity (Wildman–Crippen MR) is 108 cm³/mol. The SMILES string of the molecule is CCCc1ccc(N(CCC)C2=NC(=O)C3CCCCCC3S2)cc1. The first-order chi connectivity index (χ1) is 12.2. The molecule has 1 heterocycles. The summed E-state index contributed by atoms with van der Waals surface area (Å²) in [5.41, 5.74) is 2.54. The Morgan fingerprint density at radius 1 is 1.08 bits per heavy atom. The highest BCUT2D eigenvalue weighted by Gasteiger charge is 2.36. The van der Waals surface area contributed by atoms with Crippen molar-refractivity contribution >= 4 is 28.5 Å². The summed E-state index contributed by atoms with van der Waals surface area (Å²) in [5, 5.41) is 1.33. The minimum Gasteiger partial charge on any atom is -0.321 e. The number of rotatable bonds is 5. The fourth-order valence-electron chi connectivity index (χ4n) is 3.85. The van der Waals surface area contributed by atoms with Crippen LogP contribution in [-0.2, 0) is 11.2 Å². The number of fused-ring (bicyclic) bond motifs is 1. The minimum atomic E-state index is 0.115. The molecule has 1 aromatic carbocycles. The molecule has 2 unspecified atom stereocenters. The number of thioether (sulfide) groups is 1. The Hall–Kier alpha value is -1.29. The zero-order chi connectivity index (χ0) is 17.6. The van der Waals surface area contributed by atoms with Gasteiger partial charge in [-0.15, -0.1) is 0 Å². The quantitative estimate of drug-likeness (QED) is 0.703. The average molecular weight is 359 g/mol. The Morgan fingerprint density at radius 2 is 1.84 bits per heavy atom. The van der Waals surface area contributed by atoms with E-state index in [1.807, 2.05) is 11.8 Å². The van der Waals surface area contributed by atoms with Crippen molar-refractivity contribution in [2.24, 2.45) is 10.9 Å². The number of hydrogen-bond donors (Lipinski definition) is 0. The van der Waals surface area contributed by atoms with Gasteiger partial charge in [0.15, 0.2) is 5.17 Å². The van der Waals surface area contributed by atoms with Gasteiger partial charge in [-0.2, -0.15) is 4.99 Å². The van der Waals surface area contributed by atoms with E-state index in [9.17, 15) is 4.79 Å². The maximum atomic E-state index is 12.6. The lowest BCUT2D eigenvalue weighted by atomic mass is 9.99. The zero-order valence-electron chi connectivity index (χ0n) is 15.5. The van der Waals surface area contributed by atoms with Crippen LogP contribution in [0, 0.1) is 5.92 Å². The van der Waals surface area contributed by atoms with E-state index in [2.05, 4.69) is 48.0 Å². The molecule has 0 aromatic heterocycles. The van der Waals surface area contributed by atoms with E-state index in [4.69, 9.17) is 0 Å². The number of anilines is 1. The minimum absolute atomic E-state index is 0.115. The van der Waals surface area contributed by atoms with Crippen LogP contribution in [0.4, 0.5) is 5.69 Å². The number of nitrogens with zero attached hydrogens (tertiary/aromatic N) is 2. The molecular formula is C21H30N2OS. The van der Waals surface area contributed by atoms with E-state index in [1.54, 1.807) is 0 Å². The summed E-state index contributed by atoms with van der Waals surface area (Å²) in [7, 11) is 0. The van der Waals surface area contributed by atoms with E-state index in [0.717, 1.165) is 49.5 Å². The van der Waals surface area contributed by atoms with Crippen molar-refractivity contribution in [1.82, 2.24) is 0 Å². The first kappa shape index (κ1) is 18.5. The molecule has 25 heavy (non-hydrogen) atoms. The number of amidine groups is 1. The molecule has 1 aliphatic heterocycles. The predicted octanol–water partition coefficient (Wildman–Crippen LogP) is 5.43. The maximum Gasteiger partial charge on any atom is 0.252 e. The summed E-state index contributed by atoms with van der Waals surface area (Å²) in [5.74, 6) is 0.260. The van der Waals surface area contributed by atoms with Gasteiger partial charge in [0.2, 0.25) is 0 Å². The third-order valence-electron chi connectivity index (χ3n) is 5.20. The van der Waals surface area contributed by atoms with Crippen LogP contribution in [-0.4, -0.2) is 22.9 Å². The van der Waals surface area contributed by atoms with Crippen LogP contribution in [0.1, 0.15) is 64.4 Å². The molecule has 3 nitrogen and oxygen atoms in total. The number of benzene rings is 1. The summed E-state index contributed by atoms with van der Waals surface area (Å²) in [6.07, 6.45) is 9.17. The standard InChI is InChI=1S/C21H30N2OS/c1-3-8-16-11-13-17(14-12-16)23(15-4-2)21-22-20(24)18-9-6-5-7-10-19(18)25-21/h11-14,18-19H,3-10,15H2,1-2H3. The summed E-state index contributed by atoms with van der Waals surface area (Å²) >= 11 is 1.84. The molecule has 0 radical (unpaired) electrons.